The average molecular weight is 240 g/mol. The minimum absolute atomic E-state index is 0.127. The van der Waals surface area contributed by atoms with Crippen molar-refractivity contribution in [2.24, 2.45) is 0 Å². The van der Waals surface area contributed by atoms with E-state index < -0.39 is 11.9 Å². The molecule has 0 bridgehead atoms. The molecule has 0 saturated carbocycles. The molecule has 0 spiro atoms. The summed E-state index contributed by atoms with van der Waals surface area (Å²) in [5, 5.41) is 11.6. The fourth-order valence-electron chi connectivity index (χ4n) is 1.01. The highest BCUT2D eigenvalue weighted by atomic mass is 35.5. The number of carbonyl (C=O) groups is 2. The number of amides is 1. The molecule has 0 radical (unpaired) electrons. The second kappa shape index (κ2) is 5.32. The molecule has 0 saturated heterocycles. The fourth-order valence-corrected chi connectivity index (χ4v) is 1.14. The van der Waals surface area contributed by atoms with Crippen molar-refractivity contribution in [2.45, 2.75) is 6.92 Å². The highest BCUT2D eigenvalue weighted by molar-refractivity contribution is 6.30. The van der Waals surface area contributed by atoms with E-state index in [4.69, 9.17) is 16.7 Å². The van der Waals surface area contributed by atoms with Crippen molar-refractivity contribution in [1.82, 2.24) is 0 Å². The van der Waals surface area contributed by atoms with Crippen LogP contribution in [-0.4, -0.2) is 17.0 Å². The maximum absolute atomic E-state index is 11.5. The van der Waals surface area contributed by atoms with Crippen LogP contribution >= 0.6 is 11.6 Å². The SMILES string of the molecule is C/C(=C/C(=O)O)C(=O)Nc1ccc(Cl)cc1. The number of rotatable bonds is 3. The van der Waals surface area contributed by atoms with Gasteiger partial charge in [-0.2, -0.15) is 0 Å². The van der Waals surface area contributed by atoms with Crippen LogP contribution in [0, 0.1) is 0 Å². The van der Waals surface area contributed by atoms with Crippen LogP contribution in [0.25, 0.3) is 0 Å². The summed E-state index contributed by atoms with van der Waals surface area (Å²) in [5.41, 5.74) is 0.690. The number of nitrogens with one attached hydrogen (secondary N) is 1. The Morgan fingerprint density at radius 1 is 1.31 bits per heavy atom. The van der Waals surface area contributed by atoms with Crippen molar-refractivity contribution in [1.29, 1.82) is 0 Å². The van der Waals surface area contributed by atoms with Gasteiger partial charge in [0.1, 0.15) is 0 Å². The number of halogens is 1. The maximum atomic E-state index is 11.5. The largest absolute Gasteiger partial charge is 0.478 e. The predicted molar refractivity (Wildman–Crippen MR) is 61.5 cm³/mol. The van der Waals surface area contributed by atoms with Gasteiger partial charge in [-0.25, -0.2) is 4.79 Å². The quantitative estimate of drug-likeness (QED) is 0.796. The molecule has 1 aromatic carbocycles. The molecule has 0 aliphatic rings. The first-order valence-corrected chi connectivity index (χ1v) is 4.85. The minimum Gasteiger partial charge on any atom is -0.478 e. The molecule has 0 aliphatic heterocycles. The lowest BCUT2D eigenvalue weighted by Gasteiger charge is -2.04. The van der Waals surface area contributed by atoms with Crippen molar-refractivity contribution < 1.29 is 14.7 Å². The van der Waals surface area contributed by atoms with Gasteiger partial charge in [0.2, 0.25) is 0 Å². The van der Waals surface area contributed by atoms with Crippen LogP contribution in [0.3, 0.4) is 0 Å². The number of carboxylic acid groups (broad SMARTS) is 1. The van der Waals surface area contributed by atoms with Crippen molar-refractivity contribution in [3.05, 3.63) is 40.9 Å². The van der Waals surface area contributed by atoms with Gasteiger partial charge in [-0.3, -0.25) is 4.79 Å². The van der Waals surface area contributed by atoms with E-state index in [9.17, 15) is 9.59 Å². The zero-order chi connectivity index (χ0) is 12.1. The Bertz CT molecular complexity index is 437. The molecule has 1 amide bonds. The molecular formula is C11H10ClNO3. The Balaban J connectivity index is 2.71. The summed E-state index contributed by atoms with van der Waals surface area (Å²) in [6.45, 7) is 1.43. The van der Waals surface area contributed by atoms with Crippen LogP contribution < -0.4 is 5.32 Å². The minimum atomic E-state index is -1.15. The maximum Gasteiger partial charge on any atom is 0.328 e. The standard InChI is InChI=1S/C11H10ClNO3/c1-7(6-10(14)15)11(16)13-9-4-2-8(12)3-5-9/h2-6H,1H3,(H,13,16)(H,14,15)/b7-6-. The lowest BCUT2D eigenvalue weighted by molar-refractivity contribution is -0.131. The molecule has 0 fully saturated rings. The van der Waals surface area contributed by atoms with Crippen LogP contribution in [0.2, 0.25) is 5.02 Å². The monoisotopic (exact) mass is 239 g/mol. The van der Waals surface area contributed by atoms with Crippen LogP contribution in [0.5, 0.6) is 0 Å². The highest BCUT2D eigenvalue weighted by Crippen LogP contribution is 2.14. The number of carbonyl (C=O) groups excluding carboxylic acids is 1. The van der Waals surface area contributed by atoms with Gasteiger partial charge in [-0.15, -0.1) is 0 Å². The first-order chi connectivity index (χ1) is 7.49. The van der Waals surface area contributed by atoms with Crippen molar-refractivity contribution in [2.75, 3.05) is 5.32 Å². The summed E-state index contributed by atoms with van der Waals surface area (Å²) < 4.78 is 0. The van der Waals surface area contributed by atoms with E-state index in [0.717, 1.165) is 6.08 Å². The Labute approximate surface area is 97.5 Å². The summed E-state index contributed by atoms with van der Waals surface area (Å²) in [5.74, 6) is -1.60. The van der Waals surface area contributed by atoms with Crippen LogP contribution in [0.15, 0.2) is 35.9 Å². The second-order valence-corrected chi connectivity index (χ2v) is 3.56. The molecule has 4 nitrogen and oxygen atoms in total. The van der Waals surface area contributed by atoms with Gasteiger partial charge < -0.3 is 10.4 Å². The Hall–Kier alpha value is -1.81. The third-order valence-corrected chi connectivity index (χ3v) is 2.05. The fraction of sp³-hybridized carbons (Fsp3) is 0.0909. The topological polar surface area (TPSA) is 66.4 Å². The Morgan fingerprint density at radius 3 is 2.38 bits per heavy atom. The summed E-state index contributed by atoms with van der Waals surface area (Å²) in [4.78, 5) is 21.8. The van der Waals surface area contributed by atoms with Gasteiger partial charge >= 0.3 is 5.97 Å². The van der Waals surface area contributed by atoms with Crippen molar-refractivity contribution in [3.8, 4) is 0 Å². The van der Waals surface area contributed by atoms with E-state index in [-0.39, 0.29) is 5.57 Å². The van der Waals surface area contributed by atoms with E-state index in [0.29, 0.717) is 10.7 Å². The van der Waals surface area contributed by atoms with Gasteiger partial charge in [0.25, 0.3) is 5.91 Å². The molecule has 2 N–H and O–H groups in total. The number of hydrogen-bond donors (Lipinski definition) is 2. The molecule has 1 rings (SSSR count). The summed E-state index contributed by atoms with van der Waals surface area (Å²) in [6.07, 6.45) is 0.852. The molecule has 5 heteroatoms. The van der Waals surface area contributed by atoms with Gasteiger partial charge in [-0.1, -0.05) is 11.6 Å². The first kappa shape index (κ1) is 12.3. The van der Waals surface area contributed by atoms with E-state index in [1.165, 1.54) is 6.92 Å². The molecular weight excluding hydrogens is 230 g/mol. The molecule has 0 aliphatic carbocycles. The van der Waals surface area contributed by atoms with E-state index >= 15 is 0 Å². The lowest BCUT2D eigenvalue weighted by Crippen LogP contribution is -2.13. The Morgan fingerprint density at radius 2 is 1.88 bits per heavy atom. The number of benzene rings is 1. The van der Waals surface area contributed by atoms with E-state index in [1.54, 1.807) is 24.3 Å². The van der Waals surface area contributed by atoms with E-state index in [2.05, 4.69) is 5.32 Å². The molecule has 0 unspecified atom stereocenters. The highest BCUT2D eigenvalue weighted by Gasteiger charge is 2.06. The molecule has 0 aromatic heterocycles. The normalized spacial score (nSPS) is 11.0. The van der Waals surface area contributed by atoms with Crippen LogP contribution in [0.1, 0.15) is 6.92 Å². The number of carboxylic acids is 1. The van der Waals surface area contributed by atoms with Gasteiger partial charge in [0.15, 0.2) is 0 Å². The molecule has 0 heterocycles. The summed E-state index contributed by atoms with van der Waals surface area (Å²) >= 11 is 5.68. The zero-order valence-corrected chi connectivity index (χ0v) is 9.28. The molecule has 16 heavy (non-hydrogen) atoms. The van der Waals surface area contributed by atoms with Crippen molar-refractivity contribution >= 4 is 29.2 Å². The smallest absolute Gasteiger partial charge is 0.328 e. The predicted octanol–water partition coefficient (Wildman–Crippen LogP) is 2.31. The molecule has 0 atom stereocenters. The first-order valence-electron chi connectivity index (χ1n) is 4.47. The second-order valence-electron chi connectivity index (χ2n) is 3.13. The van der Waals surface area contributed by atoms with Crippen LogP contribution in [-0.2, 0) is 9.59 Å². The number of hydrogen-bond acceptors (Lipinski definition) is 2. The summed E-state index contributed by atoms with van der Waals surface area (Å²) in [7, 11) is 0. The lowest BCUT2D eigenvalue weighted by atomic mass is 10.2. The average Bonchev–Trinajstić information content (AvgIpc) is 2.20. The molecule has 84 valence electrons. The van der Waals surface area contributed by atoms with E-state index in [1.807, 2.05) is 0 Å². The zero-order valence-electron chi connectivity index (χ0n) is 8.53. The summed E-state index contributed by atoms with van der Waals surface area (Å²) in [6, 6.07) is 6.53. The van der Waals surface area contributed by atoms with Gasteiger partial charge in [0, 0.05) is 22.4 Å². The Kier molecular flexibility index (Phi) is 4.08. The third kappa shape index (κ3) is 3.74. The van der Waals surface area contributed by atoms with Crippen molar-refractivity contribution in [3.63, 3.8) is 0 Å². The van der Waals surface area contributed by atoms with Gasteiger partial charge in [-0.05, 0) is 31.2 Å². The third-order valence-electron chi connectivity index (χ3n) is 1.80. The van der Waals surface area contributed by atoms with Crippen LogP contribution in [0.4, 0.5) is 5.69 Å². The van der Waals surface area contributed by atoms with Gasteiger partial charge in [0.05, 0.1) is 0 Å². The number of aliphatic carboxylic acids is 1. The molecule has 1 aromatic rings. The number of anilines is 1.